The van der Waals surface area contributed by atoms with E-state index in [1.807, 2.05) is 6.92 Å². The van der Waals surface area contributed by atoms with Crippen LogP contribution in [0.1, 0.15) is 30.1 Å². The molecule has 2 aromatic rings. The number of rotatable bonds is 4. The number of benzene rings is 1. The zero-order chi connectivity index (χ0) is 17.3. The fourth-order valence-electron chi connectivity index (χ4n) is 2.88. The molecule has 0 spiro atoms. The molecule has 0 saturated carbocycles. The first-order chi connectivity index (χ1) is 11.4. The van der Waals surface area contributed by atoms with Crippen molar-refractivity contribution in [3.8, 4) is 0 Å². The highest BCUT2D eigenvalue weighted by atomic mass is 32.2. The molecule has 1 aliphatic rings. The molecular weight excluding hydrogens is 328 g/mol. The zero-order valence-electron chi connectivity index (χ0n) is 13.6. The number of nitrogens with zero attached hydrogens (tertiary/aromatic N) is 2. The van der Waals surface area contributed by atoms with Crippen LogP contribution >= 0.6 is 0 Å². The summed E-state index contributed by atoms with van der Waals surface area (Å²) in [6.07, 6.45) is 2.35. The van der Waals surface area contributed by atoms with Gasteiger partial charge in [-0.05, 0) is 31.5 Å². The quantitative estimate of drug-likeness (QED) is 0.863. The van der Waals surface area contributed by atoms with Crippen LogP contribution in [0, 0.1) is 6.92 Å². The Morgan fingerprint density at radius 3 is 2.58 bits per heavy atom. The van der Waals surface area contributed by atoms with Gasteiger partial charge in [0.1, 0.15) is 0 Å². The van der Waals surface area contributed by atoms with Crippen LogP contribution < -0.4 is 10.0 Å². The number of nitrogens with one attached hydrogen (secondary N) is 2. The van der Waals surface area contributed by atoms with Crippen LogP contribution in [0.15, 0.2) is 41.4 Å². The monoisotopic (exact) mass is 348 g/mol. The summed E-state index contributed by atoms with van der Waals surface area (Å²) in [6, 6.07) is 7.59. The predicted molar refractivity (Wildman–Crippen MR) is 88.6 cm³/mol. The van der Waals surface area contributed by atoms with Crippen molar-refractivity contribution in [1.82, 2.24) is 19.8 Å². The van der Waals surface area contributed by atoms with Gasteiger partial charge in [-0.1, -0.05) is 17.7 Å². The third kappa shape index (κ3) is 3.34. The third-order valence-corrected chi connectivity index (χ3v) is 5.72. The molecule has 0 aliphatic carbocycles. The van der Waals surface area contributed by atoms with Gasteiger partial charge in [-0.3, -0.25) is 9.48 Å². The molecule has 0 radical (unpaired) electrons. The molecule has 8 heteroatoms. The third-order valence-electron chi connectivity index (χ3n) is 4.22. The summed E-state index contributed by atoms with van der Waals surface area (Å²) in [4.78, 5) is 12.0. The Morgan fingerprint density at radius 1 is 1.25 bits per heavy atom. The summed E-state index contributed by atoms with van der Waals surface area (Å²) in [6.45, 7) is 1.90. The molecule has 0 bridgehead atoms. The molecule has 1 aromatic carbocycles. The summed E-state index contributed by atoms with van der Waals surface area (Å²) in [5.74, 6) is -0.0908. The van der Waals surface area contributed by atoms with E-state index in [1.54, 1.807) is 48.3 Å². The summed E-state index contributed by atoms with van der Waals surface area (Å²) in [5.41, 5.74) is 1.76. The molecule has 1 aliphatic heterocycles. The molecule has 24 heavy (non-hydrogen) atoms. The summed E-state index contributed by atoms with van der Waals surface area (Å²) in [5, 5.41) is 6.97. The Kier molecular flexibility index (Phi) is 4.42. The van der Waals surface area contributed by atoms with Gasteiger partial charge in [0.25, 0.3) is 0 Å². The lowest BCUT2D eigenvalue weighted by Crippen LogP contribution is -2.50. The van der Waals surface area contributed by atoms with E-state index < -0.39 is 22.1 Å². The van der Waals surface area contributed by atoms with E-state index in [4.69, 9.17) is 0 Å². The number of sulfonamides is 1. The second-order valence-electron chi connectivity index (χ2n) is 6.00. The van der Waals surface area contributed by atoms with Crippen molar-refractivity contribution in [3.05, 3.63) is 47.8 Å². The highest BCUT2D eigenvalue weighted by molar-refractivity contribution is 7.89. The molecule has 1 amide bonds. The second kappa shape index (κ2) is 6.37. The summed E-state index contributed by atoms with van der Waals surface area (Å²) in [7, 11) is -1.90. The average Bonchev–Trinajstić information content (AvgIpc) is 2.95. The van der Waals surface area contributed by atoms with Crippen molar-refractivity contribution in [1.29, 1.82) is 0 Å². The van der Waals surface area contributed by atoms with Crippen LogP contribution in [0.5, 0.6) is 0 Å². The number of piperidine rings is 1. The first-order valence-corrected chi connectivity index (χ1v) is 9.21. The lowest BCUT2D eigenvalue weighted by Gasteiger charge is -2.32. The van der Waals surface area contributed by atoms with E-state index in [0.29, 0.717) is 6.42 Å². The first-order valence-electron chi connectivity index (χ1n) is 7.73. The second-order valence-corrected chi connectivity index (χ2v) is 7.72. The number of amides is 1. The van der Waals surface area contributed by atoms with Gasteiger partial charge in [-0.2, -0.15) is 5.10 Å². The minimum absolute atomic E-state index is 0.0908. The van der Waals surface area contributed by atoms with Gasteiger partial charge < -0.3 is 5.32 Å². The van der Waals surface area contributed by atoms with E-state index in [0.717, 1.165) is 11.3 Å². The van der Waals surface area contributed by atoms with E-state index >= 15 is 0 Å². The number of aryl methyl sites for hydroxylation is 2. The number of hydrogen-bond donors (Lipinski definition) is 2. The SMILES string of the molecule is Cc1ccc(S(=O)(=O)N[C@@H]2CCC(=O)N[C@H]2c2ccnn2C)cc1. The molecule has 1 aromatic heterocycles. The van der Waals surface area contributed by atoms with Gasteiger partial charge in [0.2, 0.25) is 15.9 Å². The van der Waals surface area contributed by atoms with E-state index in [9.17, 15) is 13.2 Å². The Morgan fingerprint density at radius 2 is 1.96 bits per heavy atom. The molecule has 3 rings (SSSR count). The average molecular weight is 348 g/mol. The largest absolute Gasteiger partial charge is 0.346 e. The molecule has 0 unspecified atom stereocenters. The van der Waals surface area contributed by atoms with Gasteiger partial charge >= 0.3 is 0 Å². The lowest BCUT2D eigenvalue weighted by molar-refractivity contribution is -0.123. The van der Waals surface area contributed by atoms with Crippen LogP contribution in [0.3, 0.4) is 0 Å². The zero-order valence-corrected chi connectivity index (χ0v) is 14.4. The molecule has 1 saturated heterocycles. The van der Waals surface area contributed by atoms with Crippen molar-refractivity contribution in [2.45, 2.75) is 36.7 Å². The summed E-state index contributed by atoms with van der Waals surface area (Å²) < 4.78 is 29.7. The van der Waals surface area contributed by atoms with Crippen LogP contribution in [0.4, 0.5) is 0 Å². The van der Waals surface area contributed by atoms with Crippen molar-refractivity contribution in [2.24, 2.45) is 7.05 Å². The van der Waals surface area contributed by atoms with Crippen molar-refractivity contribution < 1.29 is 13.2 Å². The Bertz CT molecular complexity index is 842. The van der Waals surface area contributed by atoms with Crippen LogP contribution in [-0.2, 0) is 21.9 Å². The molecule has 1 fully saturated rings. The lowest BCUT2D eigenvalue weighted by atomic mass is 9.96. The smallest absolute Gasteiger partial charge is 0.240 e. The van der Waals surface area contributed by atoms with Crippen LogP contribution in [0.25, 0.3) is 0 Å². The van der Waals surface area contributed by atoms with E-state index in [-0.39, 0.29) is 17.2 Å². The van der Waals surface area contributed by atoms with Gasteiger partial charge in [-0.15, -0.1) is 0 Å². The van der Waals surface area contributed by atoms with Crippen molar-refractivity contribution in [2.75, 3.05) is 0 Å². The minimum atomic E-state index is -3.66. The number of hydrogen-bond acceptors (Lipinski definition) is 4. The predicted octanol–water partition coefficient (Wildman–Crippen LogP) is 1.03. The topological polar surface area (TPSA) is 93.1 Å². The molecular formula is C16H20N4O3S. The molecule has 7 nitrogen and oxygen atoms in total. The maximum absolute atomic E-state index is 12.6. The molecule has 2 N–H and O–H groups in total. The maximum Gasteiger partial charge on any atom is 0.240 e. The maximum atomic E-state index is 12.6. The van der Waals surface area contributed by atoms with Crippen molar-refractivity contribution in [3.63, 3.8) is 0 Å². The highest BCUT2D eigenvalue weighted by Gasteiger charge is 2.34. The summed E-state index contributed by atoms with van der Waals surface area (Å²) >= 11 is 0. The molecule has 2 atom stereocenters. The van der Waals surface area contributed by atoms with Crippen LogP contribution in [0.2, 0.25) is 0 Å². The number of carbonyl (C=O) groups is 1. The van der Waals surface area contributed by atoms with Gasteiger partial charge in [0.05, 0.1) is 16.6 Å². The fraction of sp³-hybridized carbons (Fsp3) is 0.375. The minimum Gasteiger partial charge on any atom is -0.346 e. The standard InChI is InChI=1S/C16H20N4O3S/c1-11-3-5-12(6-4-11)24(22,23)19-13-7-8-15(21)18-16(13)14-9-10-17-20(14)2/h3-6,9-10,13,16,19H,7-8H2,1-2H3,(H,18,21)/t13-,16-/m1/s1. The van der Waals surface area contributed by atoms with Crippen molar-refractivity contribution >= 4 is 15.9 Å². The Balaban J connectivity index is 1.87. The van der Waals surface area contributed by atoms with E-state index in [2.05, 4.69) is 15.1 Å². The van der Waals surface area contributed by atoms with E-state index in [1.165, 1.54) is 0 Å². The Labute approximate surface area is 141 Å². The van der Waals surface area contributed by atoms with Crippen LogP contribution in [-0.4, -0.2) is 30.1 Å². The number of aromatic nitrogens is 2. The van der Waals surface area contributed by atoms with Gasteiger partial charge in [0.15, 0.2) is 0 Å². The highest BCUT2D eigenvalue weighted by Crippen LogP contribution is 2.25. The molecule has 128 valence electrons. The first kappa shape index (κ1) is 16.7. The van der Waals surface area contributed by atoms with Gasteiger partial charge in [-0.25, -0.2) is 13.1 Å². The Hall–Kier alpha value is -2.19. The molecule has 2 heterocycles. The fourth-order valence-corrected chi connectivity index (χ4v) is 4.16. The van der Waals surface area contributed by atoms with Gasteiger partial charge in [0, 0.05) is 25.7 Å². The normalized spacial score (nSPS) is 21.5. The number of carbonyl (C=O) groups excluding carboxylic acids is 1.